The minimum atomic E-state index is -0.828. The SMILES string of the molecule is CCCCCCCCC=CCCCCCCCC(=O)NC1(CCOC(=O)CCNC(=O)C2OC(C)(C)OCC2(C)C)CCCCC1. The van der Waals surface area contributed by atoms with Crippen LogP contribution < -0.4 is 10.6 Å². The molecule has 0 aromatic carbocycles. The first kappa shape index (κ1) is 40.2. The van der Waals surface area contributed by atoms with Crippen molar-refractivity contribution < 1.29 is 28.6 Å². The number of hydrogen-bond donors (Lipinski definition) is 2. The van der Waals surface area contributed by atoms with E-state index in [1.165, 1.54) is 77.0 Å². The number of amides is 2. The highest BCUT2D eigenvalue weighted by Crippen LogP contribution is 2.35. The van der Waals surface area contributed by atoms with Crippen molar-refractivity contribution in [3.05, 3.63) is 12.2 Å². The molecule has 2 amide bonds. The molecule has 2 aliphatic rings. The highest BCUT2D eigenvalue weighted by Gasteiger charge is 2.45. The standard InChI is InChI=1S/C38H68N2O6/c1-6-7-8-9-10-11-12-13-14-15-16-17-18-19-21-24-32(41)40-38(26-22-20-23-27-38)28-30-44-33(42)25-29-39-35(43)34-36(2,3)31-45-37(4,5)46-34/h13-14,34H,6-12,15-31H2,1-5H3,(H,39,43)(H,40,41). The van der Waals surface area contributed by atoms with Crippen LogP contribution in [0.25, 0.3) is 0 Å². The van der Waals surface area contributed by atoms with E-state index < -0.39 is 17.3 Å². The van der Waals surface area contributed by atoms with Gasteiger partial charge < -0.3 is 24.8 Å². The summed E-state index contributed by atoms with van der Waals surface area (Å²) in [5, 5.41) is 6.17. The molecule has 1 heterocycles. The summed E-state index contributed by atoms with van der Waals surface area (Å²) in [5.41, 5.74) is -0.757. The van der Waals surface area contributed by atoms with Gasteiger partial charge in [0, 0.05) is 30.3 Å². The van der Waals surface area contributed by atoms with Gasteiger partial charge in [-0.15, -0.1) is 0 Å². The van der Waals surface area contributed by atoms with Crippen molar-refractivity contribution in [3.8, 4) is 0 Å². The number of carbonyl (C=O) groups is 3. The van der Waals surface area contributed by atoms with Crippen LogP contribution in [-0.2, 0) is 28.6 Å². The predicted octanol–water partition coefficient (Wildman–Crippen LogP) is 8.46. The fraction of sp³-hybridized carbons (Fsp3) is 0.868. The second kappa shape index (κ2) is 21.8. The molecule has 1 atom stereocenters. The van der Waals surface area contributed by atoms with Gasteiger partial charge in [0.25, 0.3) is 0 Å². The molecule has 1 unspecified atom stereocenters. The molecule has 0 spiro atoms. The number of rotatable bonds is 23. The van der Waals surface area contributed by atoms with E-state index in [4.69, 9.17) is 14.2 Å². The normalized spacial score (nSPS) is 20.3. The molecule has 2 rings (SSSR count). The second-order valence-corrected chi connectivity index (χ2v) is 14.9. The summed E-state index contributed by atoms with van der Waals surface area (Å²) in [6, 6.07) is 0. The first-order valence-electron chi connectivity index (χ1n) is 18.7. The minimum Gasteiger partial charge on any atom is -0.466 e. The number of carbonyl (C=O) groups excluding carboxylic acids is 3. The summed E-state index contributed by atoms with van der Waals surface area (Å²) < 4.78 is 17.1. The molecule has 1 saturated carbocycles. The van der Waals surface area contributed by atoms with Crippen LogP contribution in [0.15, 0.2) is 12.2 Å². The maximum Gasteiger partial charge on any atom is 0.307 e. The summed E-state index contributed by atoms with van der Waals surface area (Å²) in [4.78, 5) is 38.1. The van der Waals surface area contributed by atoms with Gasteiger partial charge in [-0.1, -0.05) is 104 Å². The molecule has 0 aromatic rings. The van der Waals surface area contributed by atoms with Crippen LogP contribution in [-0.4, -0.2) is 55.0 Å². The van der Waals surface area contributed by atoms with Gasteiger partial charge in [0.15, 0.2) is 5.79 Å². The van der Waals surface area contributed by atoms with Crippen LogP contribution in [0.4, 0.5) is 0 Å². The third-order valence-corrected chi connectivity index (χ3v) is 9.49. The number of nitrogens with one attached hydrogen (secondary N) is 2. The average Bonchev–Trinajstić information content (AvgIpc) is 3.01. The molecule has 0 aromatic heterocycles. The lowest BCUT2D eigenvalue weighted by atomic mass is 9.79. The smallest absolute Gasteiger partial charge is 0.307 e. The summed E-state index contributed by atoms with van der Waals surface area (Å²) in [6.45, 7) is 10.6. The molecule has 46 heavy (non-hydrogen) atoms. The zero-order valence-electron chi connectivity index (χ0n) is 30.2. The molecule has 1 aliphatic heterocycles. The molecule has 0 radical (unpaired) electrons. The maximum absolute atomic E-state index is 12.9. The Labute approximate surface area is 280 Å². The van der Waals surface area contributed by atoms with E-state index >= 15 is 0 Å². The van der Waals surface area contributed by atoms with Crippen molar-refractivity contribution in [2.45, 2.75) is 187 Å². The third-order valence-electron chi connectivity index (χ3n) is 9.49. The van der Waals surface area contributed by atoms with Crippen LogP contribution in [0.3, 0.4) is 0 Å². The lowest BCUT2D eigenvalue weighted by Crippen LogP contribution is -2.56. The van der Waals surface area contributed by atoms with E-state index in [9.17, 15) is 14.4 Å². The van der Waals surface area contributed by atoms with E-state index in [1.807, 2.05) is 13.8 Å². The van der Waals surface area contributed by atoms with Gasteiger partial charge in [0.2, 0.25) is 11.8 Å². The minimum absolute atomic E-state index is 0.0909. The van der Waals surface area contributed by atoms with Gasteiger partial charge >= 0.3 is 5.97 Å². The Morgan fingerprint density at radius 2 is 1.41 bits per heavy atom. The highest BCUT2D eigenvalue weighted by atomic mass is 16.7. The molecule has 8 nitrogen and oxygen atoms in total. The molecule has 1 aliphatic carbocycles. The monoisotopic (exact) mass is 649 g/mol. The zero-order valence-corrected chi connectivity index (χ0v) is 30.2. The zero-order chi connectivity index (χ0) is 33.7. The van der Waals surface area contributed by atoms with Gasteiger partial charge in [-0.3, -0.25) is 14.4 Å². The lowest BCUT2D eigenvalue weighted by Gasteiger charge is -2.44. The van der Waals surface area contributed by atoms with Gasteiger partial charge in [-0.05, 0) is 58.8 Å². The summed E-state index contributed by atoms with van der Waals surface area (Å²) in [6.07, 6.45) is 26.7. The van der Waals surface area contributed by atoms with Crippen molar-refractivity contribution >= 4 is 17.8 Å². The summed E-state index contributed by atoms with van der Waals surface area (Å²) in [5.74, 6) is -1.30. The van der Waals surface area contributed by atoms with Gasteiger partial charge in [-0.25, -0.2) is 0 Å². The fourth-order valence-electron chi connectivity index (χ4n) is 6.51. The lowest BCUT2D eigenvalue weighted by molar-refractivity contribution is -0.304. The van der Waals surface area contributed by atoms with Gasteiger partial charge in [0.1, 0.15) is 6.10 Å². The van der Waals surface area contributed by atoms with Gasteiger partial charge in [0.05, 0.1) is 19.6 Å². The number of ether oxygens (including phenoxy) is 3. The van der Waals surface area contributed by atoms with Gasteiger partial charge in [-0.2, -0.15) is 0 Å². The Morgan fingerprint density at radius 3 is 2.07 bits per heavy atom. The number of allylic oxidation sites excluding steroid dienone is 2. The van der Waals surface area contributed by atoms with E-state index in [-0.39, 0.29) is 42.9 Å². The van der Waals surface area contributed by atoms with E-state index in [2.05, 4.69) is 29.7 Å². The van der Waals surface area contributed by atoms with Crippen LogP contribution in [0, 0.1) is 5.41 Å². The number of hydrogen-bond acceptors (Lipinski definition) is 6. The predicted molar refractivity (Wildman–Crippen MR) is 185 cm³/mol. The summed E-state index contributed by atoms with van der Waals surface area (Å²) >= 11 is 0. The van der Waals surface area contributed by atoms with Crippen LogP contribution >= 0.6 is 0 Å². The largest absolute Gasteiger partial charge is 0.466 e. The molecular weight excluding hydrogens is 580 g/mol. The van der Waals surface area contributed by atoms with Crippen molar-refractivity contribution in [2.75, 3.05) is 19.8 Å². The number of unbranched alkanes of at least 4 members (excludes halogenated alkanes) is 11. The van der Waals surface area contributed by atoms with Crippen molar-refractivity contribution in [1.29, 1.82) is 0 Å². The van der Waals surface area contributed by atoms with Crippen molar-refractivity contribution in [3.63, 3.8) is 0 Å². The molecular formula is C38H68N2O6. The Kier molecular flexibility index (Phi) is 19.1. The molecule has 2 N–H and O–H groups in total. The first-order valence-corrected chi connectivity index (χ1v) is 18.7. The Morgan fingerprint density at radius 1 is 0.804 bits per heavy atom. The Balaban J connectivity index is 1.57. The van der Waals surface area contributed by atoms with Crippen LogP contribution in [0.1, 0.15) is 169 Å². The van der Waals surface area contributed by atoms with Crippen molar-refractivity contribution in [2.24, 2.45) is 5.41 Å². The van der Waals surface area contributed by atoms with E-state index in [1.54, 1.807) is 13.8 Å². The average molecular weight is 649 g/mol. The number of esters is 1. The quantitative estimate of drug-likeness (QED) is 0.0655. The Hall–Kier alpha value is -1.93. The van der Waals surface area contributed by atoms with Crippen LogP contribution in [0.2, 0.25) is 0 Å². The molecule has 266 valence electrons. The topological polar surface area (TPSA) is 103 Å². The molecule has 2 fully saturated rings. The van der Waals surface area contributed by atoms with E-state index in [0.29, 0.717) is 19.4 Å². The second-order valence-electron chi connectivity index (χ2n) is 14.9. The molecule has 0 bridgehead atoms. The van der Waals surface area contributed by atoms with Crippen LogP contribution in [0.5, 0.6) is 0 Å². The van der Waals surface area contributed by atoms with Crippen molar-refractivity contribution in [1.82, 2.24) is 10.6 Å². The fourth-order valence-corrected chi connectivity index (χ4v) is 6.51. The highest BCUT2D eigenvalue weighted by molar-refractivity contribution is 5.82. The molecule has 8 heteroatoms. The van der Waals surface area contributed by atoms with E-state index in [0.717, 1.165) is 38.5 Å². The first-order chi connectivity index (χ1) is 22.0. The Bertz CT molecular complexity index is 909. The summed E-state index contributed by atoms with van der Waals surface area (Å²) in [7, 11) is 0. The molecule has 1 saturated heterocycles. The third kappa shape index (κ3) is 16.8. The maximum atomic E-state index is 12.9.